The van der Waals surface area contributed by atoms with Crippen molar-refractivity contribution in [3.63, 3.8) is 0 Å². The molecule has 1 aliphatic heterocycles. The van der Waals surface area contributed by atoms with Gasteiger partial charge in [-0.25, -0.2) is 0 Å². The van der Waals surface area contributed by atoms with Gasteiger partial charge in [-0.3, -0.25) is 4.72 Å². The van der Waals surface area contributed by atoms with Gasteiger partial charge in [0.2, 0.25) is 0 Å². The molecular formula is C11H15N7O2S. The van der Waals surface area contributed by atoms with Crippen LogP contribution in [0.5, 0.6) is 0 Å². The van der Waals surface area contributed by atoms with E-state index in [2.05, 4.69) is 25.6 Å². The summed E-state index contributed by atoms with van der Waals surface area (Å²) in [4.78, 5) is 0. The normalized spacial score (nSPS) is 16.8. The van der Waals surface area contributed by atoms with E-state index in [4.69, 9.17) is 0 Å². The van der Waals surface area contributed by atoms with Gasteiger partial charge in [-0.05, 0) is 22.6 Å². The maximum atomic E-state index is 12.4. The molecular weight excluding hydrogens is 294 g/mol. The van der Waals surface area contributed by atoms with E-state index in [1.165, 1.54) is 15.3 Å². The summed E-state index contributed by atoms with van der Waals surface area (Å²) in [5, 5.41) is 14.0. The lowest BCUT2D eigenvalue weighted by Crippen LogP contribution is -2.48. The summed E-state index contributed by atoms with van der Waals surface area (Å²) < 4.78 is 30.2. The van der Waals surface area contributed by atoms with Crippen LogP contribution in [0.15, 0.2) is 30.6 Å². The van der Waals surface area contributed by atoms with Gasteiger partial charge in [0.25, 0.3) is 0 Å². The van der Waals surface area contributed by atoms with Crippen molar-refractivity contribution in [2.75, 3.05) is 30.9 Å². The number of rotatable bonds is 4. The monoisotopic (exact) mass is 309 g/mol. The number of para-hydroxylation sites is 2. The molecule has 3 rings (SSSR count). The summed E-state index contributed by atoms with van der Waals surface area (Å²) in [5.41, 5.74) is 1.00. The van der Waals surface area contributed by atoms with Crippen LogP contribution in [-0.2, 0) is 10.2 Å². The lowest BCUT2D eigenvalue weighted by Gasteiger charge is -2.27. The minimum atomic E-state index is -3.59. The third-order valence-corrected chi connectivity index (χ3v) is 4.68. The van der Waals surface area contributed by atoms with Crippen molar-refractivity contribution in [2.45, 2.75) is 0 Å². The molecule has 1 fully saturated rings. The first kappa shape index (κ1) is 13.9. The van der Waals surface area contributed by atoms with Crippen LogP contribution in [-0.4, -0.2) is 59.1 Å². The van der Waals surface area contributed by atoms with Gasteiger partial charge in [0.15, 0.2) is 0 Å². The van der Waals surface area contributed by atoms with Crippen LogP contribution in [0.1, 0.15) is 0 Å². The Morgan fingerprint density at radius 3 is 2.67 bits per heavy atom. The number of anilines is 1. The zero-order chi connectivity index (χ0) is 14.7. The molecule has 9 nitrogen and oxygen atoms in total. The Labute approximate surface area is 122 Å². The Bertz CT molecular complexity index is 695. The Morgan fingerprint density at radius 2 is 1.95 bits per heavy atom. The molecule has 21 heavy (non-hydrogen) atoms. The van der Waals surface area contributed by atoms with Crippen molar-refractivity contribution in [2.24, 2.45) is 0 Å². The van der Waals surface area contributed by atoms with E-state index >= 15 is 0 Å². The molecule has 2 aromatic rings. The lowest BCUT2D eigenvalue weighted by molar-refractivity contribution is 0.362. The lowest BCUT2D eigenvalue weighted by atomic mass is 10.3. The molecule has 0 spiro atoms. The minimum absolute atomic E-state index is 0.434. The molecule has 0 radical (unpaired) electrons. The quantitative estimate of drug-likeness (QED) is 0.768. The molecule has 1 aromatic heterocycles. The van der Waals surface area contributed by atoms with Crippen molar-refractivity contribution >= 4 is 15.9 Å². The average molecular weight is 309 g/mol. The third kappa shape index (κ3) is 3.01. The number of tetrazole rings is 1. The summed E-state index contributed by atoms with van der Waals surface area (Å²) in [6.45, 7) is 2.19. The smallest absolute Gasteiger partial charge is 0.301 e. The highest BCUT2D eigenvalue weighted by molar-refractivity contribution is 7.90. The van der Waals surface area contributed by atoms with Crippen molar-refractivity contribution < 1.29 is 8.42 Å². The minimum Gasteiger partial charge on any atom is -0.314 e. The van der Waals surface area contributed by atoms with E-state index in [0.29, 0.717) is 37.6 Å². The first-order chi connectivity index (χ1) is 10.2. The molecule has 2 N–H and O–H groups in total. The van der Waals surface area contributed by atoms with Crippen LogP contribution in [0.3, 0.4) is 0 Å². The summed E-state index contributed by atoms with van der Waals surface area (Å²) in [6, 6.07) is 6.96. The fourth-order valence-corrected chi connectivity index (χ4v) is 3.36. The first-order valence-electron chi connectivity index (χ1n) is 6.48. The Balaban J connectivity index is 1.88. The van der Waals surface area contributed by atoms with Gasteiger partial charge in [0.1, 0.15) is 6.33 Å². The molecule has 1 aromatic carbocycles. The molecule has 0 bridgehead atoms. The fraction of sp³-hybridized carbons (Fsp3) is 0.364. The fourth-order valence-electron chi connectivity index (χ4n) is 2.12. The Kier molecular flexibility index (Phi) is 3.82. The largest absolute Gasteiger partial charge is 0.314 e. The van der Waals surface area contributed by atoms with Gasteiger partial charge >= 0.3 is 10.2 Å². The van der Waals surface area contributed by atoms with E-state index in [0.717, 1.165) is 0 Å². The Hall–Kier alpha value is -2.04. The second-order valence-corrected chi connectivity index (χ2v) is 6.20. The first-order valence-corrected chi connectivity index (χ1v) is 7.92. The van der Waals surface area contributed by atoms with Crippen LogP contribution in [0, 0.1) is 0 Å². The standard InChI is InChI=1S/C11H15N7O2S/c19-21(20,17-7-5-12-6-8-17)14-10-3-1-2-4-11(10)18-9-13-15-16-18/h1-4,9,12,14H,5-8H2. The molecule has 10 heteroatoms. The summed E-state index contributed by atoms with van der Waals surface area (Å²) in [5.74, 6) is 0. The number of benzene rings is 1. The predicted octanol–water partition coefficient (Wildman–Crippen LogP) is -0.776. The van der Waals surface area contributed by atoms with Crippen LogP contribution >= 0.6 is 0 Å². The highest BCUT2D eigenvalue weighted by atomic mass is 32.2. The average Bonchev–Trinajstić information content (AvgIpc) is 3.02. The number of hydrogen-bond donors (Lipinski definition) is 2. The van der Waals surface area contributed by atoms with E-state index in [1.807, 2.05) is 0 Å². The van der Waals surface area contributed by atoms with Crippen LogP contribution in [0.4, 0.5) is 5.69 Å². The van der Waals surface area contributed by atoms with Crippen LogP contribution < -0.4 is 10.0 Å². The second kappa shape index (κ2) is 5.76. The number of nitrogens with one attached hydrogen (secondary N) is 2. The van der Waals surface area contributed by atoms with Crippen LogP contribution in [0.2, 0.25) is 0 Å². The molecule has 0 aliphatic carbocycles. The van der Waals surface area contributed by atoms with Gasteiger partial charge < -0.3 is 5.32 Å². The number of nitrogens with zero attached hydrogens (tertiary/aromatic N) is 5. The molecule has 1 aliphatic rings. The van der Waals surface area contributed by atoms with Gasteiger partial charge in [0, 0.05) is 26.2 Å². The molecule has 0 amide bonds. The maximum absolute atomic E-state index is 12.4. The third-order valence-electron chi connectivity index (χ3n) is 3.15. The SMILES string of the molecule is O=S(=O)(Nc1ccccc1-n1cnnn1)N1CCNCC1. The van der Waals surface area contributed by atoms with Crippen molar-refractivity contribution in [1.82, 2.24) is 29.8 Å². The number of aromatic nitrogens is 4. The highest BCUT2D eigenvalue weighted by Gasteiger charge is 2.24. The van der Waals surface area contributed by atoms with Crippen molar-refractivity contribution in [1.29, 1.82) is 0 Å². The highest BCUT2D eigenvalue weighted by Crippen LogP contribution is 2.20. The maximum Gasteiger partial charge on any atom is 0.301 e. The summed E-state index contributed by atoms with van der Waals surface area (Å²) in [6.07, 6.45) is 1.41. The van der Waals surface area contributed by atoms with Gasteiger partial charge in [-0.2, -0.15) is 17.4 Å². The Morgan fingerprint density at radius 1 is 1.19 bits per heavy atom. The topological polar surface area (TPSA) is 105 Å². The molecule has 112 valence electrons. The predicted molar refractivity (Wildman–Crippen MR) is 76.1 cm³/mol. The van der Waals surface area contributed by atoms with Gasteiger partial charge in [-0.15, -0.1) is 5.10 Å². The van der Waals surface area contributed by atoms with Crippen molar-refractivity contribution in [3.05, 3.63) is 30.6 Å². The second-order valence-electron chi connectivity index (χ2n) is 4.53. The molecule has 2 heterocycles. The molecule has 0 saturated carbocycles. The van der Waals surface area contributed by atoms with Crippen LogP contribution in [0.25, 0.3) is 5.69 Å². The zero-order valence-corrected chi connectivity index (χ0v) is 12.0. The molecule has 0 unspecified atom stereocenters. The summed E-state index contributed by atoms with van der Waals surface area (Å²) >= 11 is 0. The van der Waals surface area contributed by atoms with Crippen molar-refractivity contribution in [3.8, 4) is 5.69 Å². The van der Waals surface area contributed by atoms with Gasteiger partial charge in [0.05, 0.1) is 11.4 Å². The van der Waals surface area contributed by atoms with Gasteiger partial charge in [-0.1, -0.05) is 12.1 Å². The number of piperazine rings is 1. The van der Waals surface area contributed by atoms with E-state index in [9.17, 15) is 8.42 Å². The molecule has 1 saturated heterocycles. The van der Waals surface area contributed by atoms with E-state index in [-0.39, 0.29) is 0 Å². The molecule has 0 atom stereocenters. The summed E-state index contributed by atoms with van der Waals surface area (Å²) in [7, 11) is -3.59. The zero-order valence-electron chi connectivity index (χ0n) is 11.2. The van der Waals surface area contributed by atoms with E-state index < -0.39 is 10.2 Å². The van der Waals surface area contributed by atoms with E-state index in [1.54, 1.807) is 24.3 Å². The number of hydrogen-bond acceptors (Lipinski definition) is 6.